The van der Waals surface area contributed by atoms with Crippen molar-refractivity contribution in [3.8, 4) is 0 Å². The van der Waals surface area contributed by atoms with E-state index in [0.29, 0.717) is 22.0 Å². The van der Waals surface area contributed by atoms with Crippen LogP contribution in [-0.4, -0.2) is 43.8 Å². The fourth-order valence-corrected chi connectivity index (χ4v) is 6.64. The van der Waals surface area contributed by atoms with Gasteiger partial charge in [-0.3, -0.25) is 13.9 Å². The number of sulfonamides is 1. The highest BCUT2D eigenvalue weighted by molar-refractivity contribution is 7.92. The van der Waals surface area contributed by atoms with E-state index < -0.39 is 40.2 Å². The maximum absolute atomic E-state index is 14.5. The molecule has 0 aliphatic heterocycles. The molecule has 236 valence electrons. The third-order valence-electron chi connectivity index (χ3n) is 7.39. The zero-order chi connectivity index (χ0) is 32.6. The van der Waals surface area contributed by atoms with Gasteiger partial charge in [-0.15, -0.1) is 0 Å². The molecule has 4 rings (SSSR count). The smallest absolute Gasteiger partial charge is 0.264 e. The minimum Gasteiger partial charge on any atom is -0.352 e. The second kappa shape index (κ2) is 15.4. The van der Waals surface area contributed by atoms with Crippen molar-refractivity contribution in [1.29, 1.82) is 0 Å². The first kappa shape index (κ1) is 34.0. The lowest BCUT2D eigenvalue weighted by atomic mass is 10.0. The molecule has 0 unspecified atom stereocenters. The summed E-state index contributed by atoms with van der Waals surface area (Å²) in [5.41, 5.74) is 1.43. The average Bonchev–Trinajstić information content (AvgIpc) is 3.03. The number of rotatable bonds is 13. The Morgan fingerprint density at radius 1 is 0.844 bits per heavy atom. The van der Waals surface area contributed by atoms with E-state index in [0.717, 1.165) is 34.1 Å². The number of para-hydroxylation sites is 1. The number of anilines is 1. The molecule has 11 heteroatoms. The number of halogens is 3. The molecule has 7 nitrogen and oxygen atoms in total. The Hall–Kier alpha value is -3.92. The van der Waals surface area contributed by atoms with Crippen LogP contribution < -0.4 is 9.62 Å². The monoisotopic (exact) mass is 669 g/mol. The summed E-state index contributed by atoms with van der Waals surface area (Å²) in [6.07, 6.45) is 0.804. The summed E-state index contributed by atoms with van der Waals surface area (Å²) in [7, 11) is -4.35. The fourth-order valence-electron chi connectivity index (χ4n) is 4.71. The standard InChI is InChI=1S/C34H34Cl2FN3O4S/c1-3-24(2)38-34(42)32(21-25-11-6-4-7-12-25)39(22-29-30(35)15-10-16-31(29)36)33(41)23-40(27-13-8-5-9-14-27)45(43,44)28-19-17-26(37)18-20-28/h4-20,24,32H,3,21-23H2,1-2H3,(H,38,42)/t24-,32-/m1/s1. The lowest BCUT2D eigenvalue weighted by Crippen LogP contribution is -2.54. The quantitative estimate of drug-likeness (QED) is 0.168. The molecule has 0 radical (unpaired) electrons. The molecule has 1 N–H and O–H groups in total. The molecule has 0 aliphatic carbocycles. The summed E-state index contributed by atoms with van der Waals surface area (Å²) in [6.45, 7) is 2.97. The van der Waals surface area contributed by atoms with E-state index in [9.17, 15) is 22.4 Å². The van der Waals surface area contributed by atoms with Crippen LogP contribution in [0.3, 0.4) is 0 Å². The summed E-state index contributed by atoms with van der Waals surface area (Å²) in [5.74, 6) is -1.67. The van der Waals surface area contributed by atoms with Gasteiger partial charge in [0, 0.05) is 34.6 Å². The van der Waals surface area contributed by atoms with Crippen LogP contribution in [-0.2, 0) is 32.6 Å². The van der Waals surface area contributed by atoms with Gasteiger partial charge in [-0.1, -0.05) is 84.7 Å². The lowest BCUT2D eigenvalue weighted by molar-refractivity contribution is -0.140. The Morgan fingerprint density at radius 3 is 2.00 bits per heavy atom. The van der Waals surface area contributed by atoms with Gasteiger partial charge in [0.1, 0.15) is 18.4 Å². The Labute approximate surface area is 273 Å². The zero-order valence-corrected chi connectivity index (χ0v) is 27.2. The van der Waals surface area contributed by atoms with Crippen LogP contribution in [0, 0.1) is 5.82 Å². The average molecular weight is 671 g/mol. The van der Waals surface area contributed by atoms with Gasteiger partial charge >= 0.3 is 0 Å². The second-order valence-corrected chi connectivity index (χ2v) is 13.2. The molecule has 4 aromatic carbocycles. The Kier molecular flexibility index (Phi) is 11.6. The first-order chi connectivity index (χ1) is 21.5. The van der Waals surface area contributed by atoms with Gasteiger partial charge in [-0.2, -0.15) is 0 Å². The van der Waals surface area contributed by atoms with Crippen molar-refractivity contribution in [3.05, 3.63) is 130 Å². The molecule has 0 bridgehead atoms. The van der Waals surface area contributed by atoms with Crippen molar-refractivity contribution in [2.24, 2.45) is 0 Å². The molecule has 2 amide bonds. The van der Waals surface area contributed by atoms with Gasteiger partial charge in [-0.05, 0) is 67.4 Å². The third-order valence-corrected chi connectivity index (χ3v) is 9.88. The molecule has 0 saturated heterocycles. The summed E-state index contributed by atoms with van der Waals surface area (Å²) in [4.78, 5) is 29.5. The predicted octanol–water partition coefficient (Wildman–Crippen LogP) is 6.88. The van der Waals surface area contributed by atoms with Crippen molar-refractivity contribution >= 4 is 50.7 Å². The molecule has 0 spiro atoms. The largest absolute Gasteiger partial charge is 0.352 e. The second-order valence-electron chi connectivity index (χ2n) is 10.5. The molecular weight excluding hydrogens is 636 g/mol. The molecule has 0 aliphatic rings. The SMILES string of the molecule is CC[C@@H](C)NC(=O)[C@@H](Cc1ccccc1)N(Cc1c(Cl)cccc1Cl)C(=O)CN(c1ccccc1)S(=O)(=O)c1ccc(F)cc1. The summed E-state index contributed by atoms with van der Waals surface area (Å²) in [6, 6.07) is 25.4. The highest BCUT2D eigenvalue weighted by Crippen LogP contribution is 2.29. The molecule has 0 saturated carbocycles. The van der Waals surface area contributed by atoms with Crippen LogP contribution in [0.1, 0.15) is 31.4 Å². The minimum atomic E-state index is -4.35. The van der Waals surface area contributed by atoms with E-state index in [1.165, 1.54) is 4.90 Å². The Bertz CT molecular complexity index is 1690. The van der Waals surface area contributed by atoms with Crippen LogP contribution in [0.25, 0.3) is 0 Å². The van der Waals surface area contributed by atoms with Crippen molar-refractivity contribution in [2.75, 3.05) is 10.8 Å². The molecule has 45 heavy (non-hydrogen) atoms. The molecule has 0 heterocycles. The predicted molar refractivity (Wildman–Crippen MR) is 176 cm³/mol. The van der Waals surface area contributed by atoms with Gasteiger partial charge in [0.15, 0.2) is 0 Å². The maximum atomic E-state index is 14.5. The van der Waals surface area contributed by atoms with Crippen LogP contribution >= 0.6 is 23.2 Å². The highest BCUT2D eigenvalue weighted by Gasteiger charge is 2.35. The molecule has 4 aromatic rings. The van der Waals surface area contributed by atoms with Crippen LogP contribution in [0.15, 0.2) is 108 Å². The van der Waals surface area contributed by atoms with Crippen LogP contribution in [0.2, 0.25) is 10.0 Å². The summed E-state index contributed by atoms with van der Waals surface area (Å²) in [5, 5.41) is 3.56. The zero-order valence-electron chi connectivity index (χ0n) is 24.9. The topological polar surface area (TPSA) is 86.8 Å². The van der Waals surface area contributed by atoms with E-state index >= 15 is 0 Å². The Morgan fingerprint density at radius 2 is 1.42 bits per heavy atom. The first-order valence-electron chi connectivity index (χ1n) is 14.4. The van der Waals surface area contributed by atoms with Crippen molar-refractivity contribution < 1.29 is 22.4 Å². The van der Waals surface area contributed by atoms with E-state index in [2.05, 4.69) is 5.32 Å². The van der Waals surface area contributed by atoms with Crippen molar-refractivity contribution in [2.45, 2.75) is 50.2 Å². The number of nitrogens with zero attached hydrogens (tertiary/aromatic N) is 2. The van der Waals surface area contributed by atoms with E-state index in [-0.39, 0.29) is 29.6 Å². The third kappa shape index (κ3) is 8.63. The number of hydrogen-bond donors (Lipinski definition) is 1. The van der Waals surface area contributed by atoms with Gasteiger partial charge in [-0.25, -0.2) is 12.8 Å². The number of hydrogen-bond acceptors (Lipinski definition) is 4. The number of carbonyl (C=O) groups is 2. The van der Waals surface area contributed by atoms with Crippen molar-refractivity contribution in [1.82, 2.24) is 10.2 Å². The number of amides is 2. The maximum Gasteiger partial charge on any atom is 0.264 e. The normalized spacial score (nSPS) is 12.6. The fraction of sp³-hybridized carbons (Fsp3) is 0.235. The van der Waals surface area contributed by atoms with Crippen molar-refractivity contribution in [3.63, 3.8) is 0 Å². The number of nitrogens with one attached hydrogen (secondary N) is 1. The summed E-state index contributed by atoms with van der Waals surface area (Å²) >= 11 is 13.1. The van der Waals surface area contributed by atoms with E-state index in [1.54, 1.807) is 48.5 Å². The van der Waals surface area contributed by atoms with Gasteiger partial charge in [0.05, 0.1) is 10.6 Å². The molecule has 2 atom stereocenters. The van der Waals surface area contributed by atoms with Gasteiger partial charge in [0.2, 0.25) is 11.8 Å². The van der Waals surface area contributed by atoms with Crippen LogP contribution in [0.4, 0.5) is 10.1 Å². The molecule has 0 aromatic heterocycles. The summed E-state index contributed by atoms with van der Waals surface area (Å²) < 4.78 is 42.6. The lowest BCUT2D eigenvalue weighted by Gasteiger charge is -2.34. The Balaban J connectivity index is 1.82. The first-order valence-corrected chi connectivity index (χ1v) is 16.6. The van der Waals surface area contributed by atoms with E-state index in [4.69, 9.17) is 23.2 Å². The van der Waals surface area contributed by atoms with Gasteiger partial charge in [0.25, 0.3) is 10.0 Å². The number of benzene rings is 4. The molecular formula is C34H34Cl2FN3O4S. The minimum absolute atomic E-state index is 0.146. The van der Waals surface area contributed by atoms with Gasteiger partial charge < -0.3 is 10.2 Å². The van der Waals surface area contributed by atoms with Crippen LogP contribution in [0.5, 0.6) is 0 Å². The molecule has 0 fully saturated rings. The van der Waals surface area contributed by atoms with E-state index in [1.807, 2.05) is 44.2 Å². The highest BCUT2D eigenvalue weighted by atomic mass is 35.5. The number of carbonyl (C=O) groups excluding carboxylic acids is 2.